The summed E-state index contributed by atoms with van der Waals surface area (Å²) in [6.45, 7) is 15.9. The molecule has 1 amide bonds. The molecule has 246 valence electrons. The lowest BCUT2D eigenvalue weighted by Gasteiger charge is -2.52. The van der Waals surface area contributed by atoms with Gasteiger partial charge in [-0.05, 0) is 64.8 Å². The average molecular weight is 631 g/mol. The van der Waals surface area contributed by atoms with Crippen molar-refractivity contribution in [3.05, 3.63) is 106 Å². The highest BCUT2D eigenvalue weighted by molar-refractivity contribution is 5.75. The normalized spacial score (nSPS) is 16.8. The zero-order valence-electron chi connectivity index (χ0n) is 27.7. The average Bonchev–Trinajstić information content (AvgIpc) is 3.02. The molecule has 3 aromatic carbocycles. The molecule has 0 bridgehead atoms. The van der Waals surface area contributed by atoms with Crippen LogP contribution in [0.15, 0.2) is 84.9 Å². The van der Waals surface area contributed by atoms with Gasteiger partial charge in [-0.15, -0.1) is 0 Å². The van der Waals surface area contributed by atoms with Crippen LogP contribution in [0.5, 0.6) is 5.75 Å². The van der Waals surface area contributed by atoms with Crippen LogP contribution in [0.1, 0.15) is 65.1 Å². The van der Waals surface area contributed by atoms with Crippen LogP contribution in [0.2, 0.25) is 0 Å². The Morgan fingerprint density at radius 1 is 0.891 bits per heavy atom. The minimum atomic E-state index is -0.693. The molecule has 10 nitrogen and oxygen atoms in total. The van der Waals surface area contributed by atoms with E-state index in [4.69, 9.17) is 9.47 Å². The molecule has 1 saturated heterocycles. The summed E-state index contributed by atoms with van der Waals surface area (Å²) in [5.74, 6) is -0.273. The molecule has 3 aromatic rings. The standard InChI is InChI=1S/C36H46N4O6/c1-35(2,3)37-21-22-39(36(4,5)6)30(24-37)25-38(34(42)46-31-19-17-29(18-20-31)40(43)44)32(28-15-11-8-12-16-28)23-33(41)45-26-27-13-9-7-10-14-27/h7-20,30,32H,21-26H2,1-6H3/t30-,32?/m0/s1. The number of hydrogen-bond donors (Lipinski definition) is 0. The van der Waals surface area contributed by atoms with Crippen molar-refractivity contribution in [2.75, 3.05) is 26.2 Å². The second-order valence-electron chi connectivity index (χ2n) is 13.7. The Morgan fingerprint density at radius 2 is 1.50 bits per heavy atom. The van der Waals surface area contributed by atoms with Crippen LogP contribution in [-0.4, -0.2) is 75.0 Å². The number of carbonyl (C=O) groups excluding carboxylic acids is 2. The maximum Gasteiger partial charge on any atom is 0.415 e. The van der Waals surface area contributed by atoms with Crippen LogP contribution in [0, 0.1) is 10.1 Å². The van der Waals surface area contributed by atoms with E-state index >= 15 is 0 Å². The molecular weight excluding hydrogens is 584 g/mol. The molecule has 4 rings (SSSR count). The van der Waals surface area contributed by atoms with E-state index in [1.807, 2.05) is 60.7 Å². The highest BCUT2D eigenvalue weighted by atomic mass is 16.6. The number of hydrogen-bond acceptors (Lipinski definition) is 8. The molecule has 1 fully saturated rings. The van der Waals surface area contributed by atoms with Crippen molar-refractivity contribution in [3.8, 4) is 5.75 Å². The summed E-state index contributed by atoms with van der Waals surface area (Å²) in [6.07, 6.45) is -0.738. The lowest BCUT2D eigenvalue weighted by atomic mass is 9.95. The van der Waals surface area contributed by atoms with Crippen molar-refractivity contribution < 1.29 is 24.0 Å². The first-order valence-electron chi connectivity index (χ1n) is 15.7. The molecule has 1 aliphatic heterocycles. The van der Waals surface area contributed by atoms with Crippen molar-refractivity contribution in [3.63, 3.8) is 0 Å². The number of esters is 1. The summed E-state index contributed by atoms with van der Waals surface area (Å²) < 4.78 is 11.6. The minimum absolute atomic E-state index is 0.0770. The van der Waals surface area contributed by atoms with E-state index in [1.165, 1.54) is 24.3 Å². The van der Waals surface area contributed by atoms with Crippen molar-refractivity contribution >= 4 is 17.7 Å². The predicted molar refractivity (Wildman–Crippen MR) is 177 cm³/mol. The van der Waals surface area contributed by atoms with Gasteiger partial charge in [0, 0.05) is 55.4 Å². The van der Waals surface area contributed by atoms with Gasteiger partial charge < -0.3 is 9.47 Å². The number of nitro groups is 1. The Kier molecular flexibility index (Phi) is 11.2. The number of ether oxygens (including phenoxy) is 2. The molecular formula is C36H46N4O6. The van der Waals surface area contributed by atoms with Crippen molar-refractivity contribution in [2.45, 2.75) is 77.7 Å². The highest BCUT2D eigenvalue weighted by Crippen LogP contribution is 2.31. The SMILES string of the molecule is CC(C)(C)N1CCN(C(C)(C)C)[C@H](CN(C(=O)Oc2ccc([N+](=O)[O-])cc2)C(CC(=O)OCc2ccccc2)c2ccccc2)C1. The van der Waals surface area contributed by atoms with Gasteiger partial charge in [0.25, 0.3) is 5.69 Å². The first kappa shape index (κ1) is 34.6. The van der Waals surface area contributed by atoms with E-state index in [-0.39, 0.29) is 48.1 Å². The Bertz CT molecular complexity index is 1450. The largest absolute Gasteiger partial charge is 0.461 e. The topological polar surface area (TPSA) is 105 Å². The van der Waals surface area contributed by atoms with Crippen molar-refractivity contribution in [2.24, 2.45) is 0 Å². The first-order valence-corrected chi connectivity index (χ1v) is 15.7. The number of nitrogens with zero attached hydrogens (tertiary/aromatic N) is 4. The third-order valence-electron chi connectivity index (χ3n) is 8.35. The van der Waals surface area contributed by atoms with Gasteiger partial charge in [0.05, 0.1) is 17.4 Å². The van der Waals surface area contributed by atoms with Gasteiger partial charge in [-0.25, -0.2) is 4.79 Å². The maximum atomic E-state index is 14.2. The molecule has 0 saturated carbocycles. The van der Waals surface area contributed by atoms with Crippen molar-refractivity contribution in [1.29, 1.82) is 0 Å². The van der Waals surface area contributed by atoms with E-state index in [2.05, 4.69) is 51.3 Å². The Hall–Kier alpha value is -4.28. The molecule has 0 spiro atoms. The van der Waals surface area contributed by atoms with Crippen LogP contribution in [0.3, 0.4) is 0 Å². The minimum Gasteiger partial charge on any atom is -0.461 e. The van der Waals surface area contributed by atoms with Crippen LogP contribution >= 0.6 is 0 Å². The zero-order valence-corrected chi connectivity index (χ0v) is 27.7. The van der Waals surface area contributed by atoms with Gasteiger partial charge in [0.1, 0.15) is 12.4 Å². The van der Waals surface area contributed by atoms with Gasteiger partial charge in [-0.2, -0.15) is 0 Å². The van der Waals surface area contributed by atoms with Gasteiger partial charge in [0.15, 0.2) is 0 Å². The van der Waals surface area contributed by atoms with Gasteiger partial charge >= 0.3 is 12.1 Å². The van der Waals surface area contributed by atoms with Crippen LogP contribution in [0.25, 0.3) is 0 Å². The van der Waals surface area contributed by atoms with Crippen molar-refractivity contribution in [1.82, 2.24) is 14.7 Å². The second kappa shape index (κ2) is 14.9. The maximum absolute atomic E-state index is 14.2. The van der Waals surface area contributed by atoms with Crippen LogP contribution in [0.4, 0.5) is 10.5 Å². The number of non-ortho nitro benzene ring substituents is 1. The second-order valence-corrected chi connectivity index (χ2v) is 13.7. The van der Waals surface area contributed by atoms with E-state index in [9.17, 15) is 19.7 Å². The van der Waals surface area contributed by atoms with E-state index in [0.29, 0.717) is 6.54 Å². The number of carbonyl (C=O) groups is 2. The predicted octanol–water partition coefficient (Wildman–Crippen LogP) is 6.85. The number of piperazine rings is 1. The Balaban J connectivity index is 1.70. The van der Waals surface area contributed by atoms with Gasteiger partial charge in [-0.1, -0.05) is 60.7 Å². The summed E-state index contributed by atoms with van der Waals surface area (Å²) in [5, 5.41) is 11.2. The van der Waals surface area contributed by atoms with Gasteiger partial charge in [0.2, 0.25) is 0 Å². The zero-order chi connectivity index (χ0) is 33.5. The number of amides is 1. The fourth-order valence-electron chi connectivity index (χ4n) is 5.89. The molecule has 10 heteroatoms. The molecule has 0 N–H and O–H groups in total. The Labute approximate surface area is 272 Å². The van der Waals surface area contributed by atoms with Crippen LogP contribution < -0.4 is 4.74 Å². The van der Waals surface area contributed by atoms with E-state index in [0.717, 1.165) is 24.2 Å². The van der Waals surface area contributed by atoms with Crippen LogP contribution in [-0.2, 0) is 16.1 Å². The van der Waals surface area contributed by atoms with E-state index in [1.54, 1.807) is 4.90 Å². The number of nitro benzene ring substituents is 1. The molecule has 2 atom stereocenters. The molecule has 0 aliphatic carbocycles. The summed E-state index contributed by atoms with van der Waals surface area (Å²) in [4.78, 5) is 44.8. The molecule has 0 aromatic heterocycles. The number of rotatable bonds is 10. The smallest absolute Gasteiger partial charge is 0.415 e. The fraction of sp³-hybridized carbons (Fsp3) is 0.444. The lowest BCUT2D eigenvalue weighted by Crippen LogP contribution is -2.65. The lowest BCUT2D eigenvalue weighted by molar-refractivity contribution is -0.384. The van der Waals surface area contributed by atoms with E-state index < -0.39 is 23.0 Å². The molecule has 0 radical (unpaired) electrons. The summed E-state index contributed by atoms with van der Waals surface area (Å²) in [7, 11) is 0. The first-order chi connectivity index (χ1) is 21.7. The molecule has 1 unspecified atom stereocenters. The van der Waals surface area contributed by atoms with Gasteiger partial charge in [-0.3, -0.25) is 29.6 Å². The summed E-state index contributed by atoms with van der Waals surface area (Å²) in [5.41, 5.74) is 1.27. The molecule has 1 heterocycles. The summed E-state index contributed by atoms with van der Waals surface area (Å²) in [6, 6.07) is 23.5. The molecule has 1 aliphatic rings. The Morgan fingerprint density at radius 3 is 2.07 bits per heavy atom. The fourth-order valence-corrected chi connectivity index (χ4v) is 5.89. The third-order valence-corrected chi connectivity index (χ3v) is 8.35. The third kappa shape index (κ3) is 9.37. The quantitative estimate of drug-likeness (QED) is 0.136. The highest BCUT2D eigenvalue weighted by Gasteiger charge is 2.40. The summed E-state index contributed by atoms with van der Waals surface area (Å²) >= 11 is 0. The number of benzene rings is 3. The molecule has 46 heavy (non-hydrogen) atoms. The monoisotopic (exact) mass is 630 g/mol.